The van der Waals surface area contributed by atoms with Crippen LogP contribution in [-0.2, 0) is 12.8 Å². The number of hydrogen-bond donors (Lipinski definition) is 4. The lowest BCUT2D eigenvalue weighted by Gasteiger charge is -2.13. The molecular formula is C10H13IO4. The lowest BCUT2D eigenvalue weighted by molar-refractivity contribution is 0.289. The van der Waals surface area contributed by atoms with Gasteiger partial charge in [-0.25, -0.2) is 0 Å². The second-order valence-electron chi connectivity index (χ2n) is 3.13. The molecule has 0 aromatic heterocycles. The lowest BCUT2D eigenvalue weighted by Crippen LogP contribution is -2.02. The van der Waals surface area contributed by atoms with Crippen LogP contribution in [0.15, 0.2) is 6.07 Å². The van der Waals surface area contributed by atoms with Crippen LogP contribution in [0.1, 0.15) is 11.1 Å². The number of aliphatic hydroxyl groups excluding tert-OH is 2. The van der Waals surface area contributed by atoms with Gasteiger partial charge in [0.2, 0.25) is 0 Å². The van der Waals surface area contributed by atoms with E-state index in [0.717, 1.165) is 0 Å². The predicted octanol–water partition coefficient (Wildman–Crippen LogP) is 0.772. The molecule has 0 saturated carbocycles. The minimum Gasteiger partial charge on any atom is -0.508 e. The van der Waals surface area contributed by atoms with Gasteiger partial charge < -0.3 is 20.4 Å². The number of benzene rings is 1. The summed E-state index contributed by atoms with van der Waals surface area (Å²) in [5, 5.41) is 37.1. The maximum atomic E-state index is 9.75. The molecule has 0 heterocycles. The molecule has 0 bridgehead atoms. The average Bonchev–Trinajstić information content (AvgIpc) is 2.20. The largest absolute Gasteiger partial charge is 0.508 e. The molecule has 84 valence electrons. The zero-order chi connectivity index (χ0) is 11.4. The molecule has 0 unspecified atom stereocenters. The highest BCUT2D eigenvalue weighted by atomic mass is 127. The van der Waals surface area contributed by atoms with Gasteiger partial charge >= 0.3 is 0 Å². The SMILES string of the molecule is OCCc1c(O)cc(I)c(O)c1CCO. The maximum Gasteiger partial charge on any atom is 0.132 e. The van der Waals surface area contributed by atoms with Crippen LogP contribution < -0.4 is 0 Å². The van der Waals surface area contributed by atoms with Crippen molar-refractivity contribution in [1.82, 2.24) is 0 Å². The molecule has 0 saturated heterocycles. The van der Waals surface area contributed by atoms with Gasteiger partial charge in [-0.2, -0.15) is 0 Å². The van der Waals surface area contributed by atoms with E-state index < -0.39 is 0 Å². The molecule has 0 atom stereocenters. The van der Waals surface area contributed by atoms with Gasteiger partial charge in [-0.15, -0.1) is 0 Å². The zero-order valence-corrected chi connectivity index (χ0v) is 10.2. The van der Waals surface area contributed by atoms with Crippen molar-refractivity contribution in [2.75, 3.05) is 13.2 Å². The Morgan fingerprint density at radius 1 is 1.00 bits per heavy atom. The quantitative estimate of drug-likeness (QED) is 0.487. The summed E-state index contributed by atoms with van der Waals surface area (Å²) in [6, 6.07) is 1.45. The van der Waals surface area contributed by atoms with Crippen LogP contribution >= 0.6 is 22.6 Å². The van der Waals surface area contributed by atoms with Crippen molar-refractivity contribution in [2.45, 2.75) is 12.8 Å². The topological polar surface area (TPSA) is 80.9 Å². The van der Waals surface area contributed by atoms with E-state index in [1.165, 1.54) is 6.07 Å². The zero-order valence-electron chi connectivity index (χ0n) is 8.07. The van der Waals surface area contributed by atoms with Crippen molar-refractivity contribution in [2.24, 2.45) is 0 Å². The average molecular weight is 324 g/mol. The molecule has 0 aliphatic rings. The molecule has 1 aromatic rings. The van der Waals surface area contributed by atoms with Crippen LogP contribution in [0.4, 0.5) is 0 Å². The summed E-state index contributed by atoms with van der Waals surface area (Å²) in [4.78, 5) is 0. The third-order valence-electron chi connectivity index (χ3n) is 2.17. The third kappa shape index (κ3) is 2.73. The van der Waals surface area contributed by atoms with Crippen molar-refractivity contribution in [1.29, 1.82) is 0 Å². The van der Waals surface area contributed by atoms with Gasteiger partial charge in [0.1, 0.15) is 11.5 Å². The molecule has 15 heavy (non-hydrogen) atoms. The van der Waals surface area contributed by atoms with E-state index in [-0.39, 0.29) is 37.6 Å². The van der Waals surface area contributed by atoms with Gasteiger partial charge in [0.15, 0.2) is 0 Å². The molecule has 5 heteroatoms. The van der Waals surface area contributed by atoms with E-state index in [9.17, 15) is 10.2 Å². The molecular weight excluding hydrogens is 311 g/mol. The van der Waals surface area contributed by atoms with E-state index in [0.29, 0.717) is 14.7 Å². The molecule has 0 spiro atoms. The first-order valence-corrected chi connectivity index (χ1v) is 5.63. The summed E-state index contributed by atoms with van der Waals surface area (Å²) >= 11 is 1.91. The van der Waals surface area contributed by atoms with E-state index in [1.54, 1.807) is 0 Å². The summed E-state index contributed by atoms with van der Waals surface area (Å²) in [5.74, 6) is 0.126. The minimum atomic E-state index is -0.106. The van der Waals surface area contributed by atoms with Crippen LogP contribution in [0.2, 0.25) is 0 Å². The van der Waals surface area contributed by atoms with Crippen molar-refractivity contribution in [3.63, 3.8) is 0 Å². The number of halogens is 1. The fraction of sp³-hybridized carbons (Fsp3) is 0.400. The highest BCUT2D eigenvalue weighted by molar-refractivity contribution is 14.1. The summed E-state index contributed by atoms with van der Waals surface area (Å²) < 4.78 is 0.537. The highest BCUT2D eigenvalue weighted by Gasteiger charge is 2.15. The Labute approximate surface area is 101 Å². The molecule has 0 fully saturated rings. The van der Waals surface area contributed by atoms with Crippen LogP contribution in [0.25, 0.3) is 0 Å². The van der Waals surface area contributed by atoms with E-state index in [2.05, 4.69) is 0 Å². The van der Waals surface area contributed by atoms with Gasteiger partial charge in [0, 0.05) is 24.3 Å². The first kappa shape index (κ1) is 12.5. The van der Waals surface area contributed by atoms with Crippen LogP contribution in [0.5, 0.6) is 11.5 Å². The van der Waals surface area contributed by atoms with Gasteiger partial charge in [0.25, 0.3) is 0 Å². The fourth-order valence-electron chi connectivity index (χ4n) is 1.49. The normalized spacial score (nSPS) is 10.6. The van der Waals surface area contributed by atoms with Crippen molar-refractivity contribution in [3.8, 4) is 11.5 Å². The Hall–Kier alpha value is -0.530. The van der Waals surface area contributed by atoms with Crippen molar-refractivity contribution < 1.29 is 20.4 Å². The molecule has 0 aliphatic heterocycles. The Balaban J connectivity index is 3.26. The third-order valence-corrected chi connectivity index (χ3v) is 2.99. The lowest BCUT2D eigenvalue weighted by atomic mass is 10.00. The Morgan fingerprint density at radius 3 is 2.07 bits per heavy atom. The number of aliphatic hydroxyl groups is 2. The summed E-state index contributed by atoms with van der Waals surface area (Å²) in [6.07, 6.45) is 0.539. The number of rotatable bonds is 4. The summed E-state index contributed by atoms with van der Waals surface area (Å²) in [6.45, 7) is -0.211. The molecule has 4 nitrogen and oxygen atoms in total. The van der Waals surface area contributed by atoms with E-state index in [4.69, 9.17) is 10.2 Å². The number of aromatic hydroxyl groups is 2. The molecule has 0 aliphatic carbocycles. The molecule has 4 N–H and O–H groups in total. The second kappa shape index (κ2) is 5.53. The Kier molecular flexibility index (Phi) is 4.62. The van der Waals surface area contributed by atoms with Crippen LogP contribution in [-0.4, -0.2) is 33.6 Å². The molecule has 0 radical (unpaired) electrons. The Morgan fingerprint density at radius 2 is 1.53 bits per heavy atom. The smallest absolute Gasteiger partial charge is 0.132 e. The van der Waals surface area contributed by atoms with Crippen molar-refractivity contribution >= 4 is 22.6 Å². The first-order chi connectivity index (χ1) is 7.11. The number of phenolic OH excluding ortho intramolecular Hbond substituents is 2. The van der Waals surface area contributed by atoms with Crippen LogP contribution in [0, 0.1) is 3.57 Å². The monoisotopic (exact) mass is 324 g/mol. The van der Waals surface area contributed by atoms with Gasteiger partial charge in [0.05, 0.1) is 3.57 Å². The standard InChI is InChI=1S/C10H13IO4/c11-8-5-9(14)6(1-3-12)7(2-4-13)10(8)15/h5,12-15H,1-4H2. The van der Waals surface area contributed by atoms with E-state index >= 15 is 0 Å². The predicted molar refractivity (Wildman–Crippen MR) is 64.1 cm³/mol. The van der Waals surface area contributed by atoms with Crippen LogP contribution in [0.3, 0.4) is 0 Å². The molecule has 1 aromatic carbocycles. The van der Waals surface area contributed by atoms with Gasteiger partial charge in [-0.1, -0.05) is 0 Å². The second-order valence-corrected chi connectivity index (χ2v) is 4.29. The maximum absolute atomic E-state index is 9.75. The number of phenols is 2. The van der Waals surface area contributed by atoms with E-state index in [1.807, 2.05) is 22.6 Å². The minimum absolute atomic E-state index is 0.0506. The summed E-state index contributed by atoms with van der Waals surface area (Å²) in [7, 11) is 0. The number of hydrogen-bond acceptors (Lipinski definition) is 4. The first-order valence-electron chi connectivity index (χ1n) is 4.55. The van der Waals surface area contributed by atoms with Crippen molar-refractivity contribution in [3.05, 3.63) is 20.8 Å². The Bertz CT molecular complexity index is 352. The molecule has 1 rings (SSSR count). The molecule has 0 amide bonds. The van der Waals surface area contributed by atoms with Gasteiger partial charge in [-0.3, -0.25) is 0 Å². The highest BCUT2D eigenvalue weighted by Crippen LogP contribution is 2.34. The fourth-order valence-corrected chi connectivity index (χ4v) is 2.11. The summed E-state index contributed by atoms with van der Waals surface area (Å²) in [5.41, 5.74) is 1.01. The van der Waals surface area contributed by atoms with Gasteiger partial charge in [-0.05, 0) is 41.5 Å².